The highest BCUT2D eigenvalue weighted by atomic mass is 32.2. The lowest BCUT2D eigenvalue weighted by Gasteiger charge is -2.24. The Morgan fingerprint density at radius 1 is 1.10 bits per heavy atom. The van der Waals surface area contributed by atoms with Gasteiger partial charge >= 0.3 is 16.1 Å². The van der Waals surface area contributed by atoms with E-state index in [0.29, 0.717) is 44.2 Å². The third-order valence-corrected chi connectivity index (χ3v) is 4.53. The predicted octanol–water partition coefficient (Wildman–Crippen LogP) is 3.49. The topological polar surface area (TPSA) is 94.2 Å². The van der Waals surface area contributed by atoms with Crippen LogP contribution in [0.1, 0.15) is 18.9 Å². The number of amides is 2. The van der Waals surface area contributed by atoms with E-state index in [-0.39, 0.29) is 11.8 Å². The fourth-order valence-corrected chi connectivity index (χ4v) is 3.20. The molecule has 0 saturated heterocycles. The summed E-state index contributed by atoms with van der Waals surface area (Å²) in [7, 11) is -1.97. The Labute approximate surface area is 177 Å². The van der Waals surface area contributed by atoms with Crippen molar-refractivity contribution in [3.63, 3.8) is 0 Å². The van der Waals surface area contributed by atoms with Gasteiger partial charge in [0.15, 0.2) is 0 Å². The summed E-state index contributed by atoms with van der Waals surface area (Å²) in [6.45, 7) is 3.73. The van der Waals surface area contributed by atoms with Crippen molar-refractivity contribution in [3.05, 3.63) is 54.1 Å². The molecule has 0 fully saturated rings. The molecular weight excluding hydrogens is 408 g/mol. The number of hydrogen-bond donors (Lipinski definition) is 1. The van der Waals surface area contributed by atoms with Gasteiger partial charge in [-0.25, -0.2) is 4.79 Å². The lowest BCUT2D eigenvalue weighted by atomic mass is 10.2. The van der Waals surface area contributed by atoms with E-state index in [1.807, 2.05) is 19.1 Å². The van der Waals surface area contributed by atoms with Crippen LogP contribution in [0.2, 0.25) is 0 Å². The number of rotatable bonds is 11. The van der Waals surface area contributed by atoms with E-state index in [1.165, 1.54) is 0 Å². The number of benzene rings is 2. The van der Waals surface area contributed by atoms with E-state index in [0.717, 1.165) is 11.8 Å². The molecule has 30 heavy (non-hydrogen) atoms. The van der Waals surface area contributed by atoms with Crippen molar-refractivity contribution < 1.29 is 26.9 Å². The number of hydrogen-bond acceptors (Lipinski definition) is 6. The van der Waals surface area contributed by atoms with Crippen molar-refractivity contribution in [2.45, 2.75) is 19.9 Å². The fourth-order valence-electron chi connectivity index (χ4n) is 2.74. The number of nitrogens with zero attached hydrogens (tertiary/aromatic N) is 1. The second-order valence-corrected chi connectivity index (χ2v) is 8.13. The van der Waals surface area contributed by atoms with Gasteiger partial charge in [0.05, 0.1) is 18.6 Å². The molecule has 9 heteroatoms. The number of nitrogens with one attached hydrogen (secondary N) is 1. The van der Waals surface area contributed by atoms with Crippen LogP contribution in [-0.4, -0.2) is 52.5 Å². The maximum atomic E-state index is 12.9. The van der Waals surface area contributed by atoms with E-state index in [1.54, 1.807) is 48.4 Å². The molecule has 0 radical (unpaired) electrons. The largest absolute Gasteiger partial charge is 0.492 e. The van der Waals surface area contributed by atoms with Crippen LogP contribution in [0.4, 0.5) is 10.5 Å². The molecule has 0 heterocycles. The van der Waals surface area contributed by atoms with Crippen LogP contribution in [0.15, 0.2) is 48.5 Å². The molecule has 2 aromatic rings. The molecule has 0 aliphatic heterocycles. The summed E-state index contributed by atoms with van der Waals surface area (Å²) in [5, 5.41) is 2.90. The van der Waals surface area contributed by atoms with E-state index >= 15 is 0 Å². The van der Waals surface area contributed by atoms with Crippen molar-refractivity contribution in [2.75, 3.05) is 38.4 Å². The number of methoxy groups -OCH3 is 1. The highest BCUT2D eigenvalue weighted by Gasteiger charge is 2.16. The van der Waals surface area contributed by atoms with Crippen molar-refractivity contribution in [1.82, 2.24) is 4.90 Å². The lowest BCUT2D eigenvalue weighted by Crippen LogP contribution is -2.35. The Morgan fingerprint density at radius 3 is 2.43 bits per heavy atom. The molecule has 0 bridgehead atoms. The minimum atomic E-state index is -3.59. The summed E-state index contributed by atoms with van der Waals surface area (Å²) in [6, 6.07) is 13.6. The van der Waals surface area contributed by atoms with Gasteiger partial charge in [0.1, 0.15) is 11.5 Å². The smallest absolute Gasteiger partial charge is 0.322 e. The van der Waals surface area contributed by atoms with E-state index < -0.39 is 10.1 Å². The Balaban J connectivity index is 2.12. The zero-order valence-electron chi connectivity index (χ0n) is 17.5. The third kappa shape index (κ3) is 7.92. The molecule has 0 aliphatic carbocycles. The fraction of sp³-hybridized carbons (Fsp3) is 0.381. The molecule has 0 spiro atoms. The normalized spacial score (nSPS) is 11.0. The van der Waals surface area contributed by atoms with E-state index in [2.05, 4.69) is 5.32 Å². The van der Waals surface area contributed by atoms with Crippen LogP contribution in [-0.2, 0) is 21.4 Å². The Kier molecular flexibility index (Phi) is 8.94. The van der Waals surface area contributed by atoms with Crippen LogP contribution >= 0.6 is 0 Å². The number of anilines is 1. The maximum absolute atomic E-state index is 12.9. The first-order valence-corrected chi connectivity index (χ1v) is 11.4. The van der Waals surface area contributed by atoms with Crippen molar-refractivity contribution >= 4 is 21.8 Å². The number of carbonyl (C=O) groups excluding carboxylic acids is 1. The van der Waals surface area contributed by atoms with Crippen LogP contribution < -0.4 is 14.2 Å². The van der Waals surface area contributed by atoms with Gasteiger partial charge in [0, 0.05) is 26.8 Å². The quantitative estimate of drug-likeness (QED) is 0.428. The van der Waals surface area contributed by atoms with Crippen molar-refractivity contribution in [1.29, 1.82) is 0 Å². The SMILES string of the molecule is CCOc1ccccc1NC(=O)N(CCCOC)Cc1ccc(OS(C)(=O)=O)cc1. The number of para-hydroxylation sites is 2. The van der Waals surface area contributed by atoms with Gasteiger partial charge in [-0.3, -0.25) is 0 Å². The number of carbonyl (C=O) groups is 1. The highest BCUT2D eigenvalue weighted by Crippen LogP contribution is 2.24. The summed E-state index contributed by atoms with van der Waals surface area (Å²) in [4.78, 5) is 14.6. The zero-order chi connectivity index (χ0) is 22.0. The number of urea groups is 1. The van der Waals surface area contributed by atoms with Crippen LogP contribution in [0, 0.1) is 0 Å². The first-order valence-electron chi connectivity index (χ1n) is 9.57. The zero-order valence-corrected chi connectivity index (χ0v) is 18.3. The summed E-state index contributed by atoms with van der Waals surface area (Å²) >= 11 is 0. The molecule has 0 aliphatic rings. The molecule has 2 rings (SSSR count). The van der Waals surface area contributed by atoms with Crippen LogP contribution in [0.5, 0.6) is 11.5 Å². The van der Waals surface area contributed by atoms with Gasteiger partial charge in [-0.2, -0.15) is 8.42 Å². The van der Waals surface area contributed by atoms with Gasteiger partial charge in [0.25, 0.3) is 0 Å². The molecular formula is C21H28N2O6S. The lowest BCUT2D eigenvalue weighted by molar-refractivity contribution is 0.171. The van der Waals surface area contributed by atoms with Gasteiger partial charge in [-0.1, -0.05) is 24.3 Å². The molecule has 2 amide bonds. The Hall–Kier alpha value is -2.78. The molecule has 164 valence electrons. The maximum Gasteiger partial charge on any atom is 0.322 e. The second kappa shape index (κ2) is 11.4. The summed E-state index contributed by atoms with van der Waals surface area (Å²) < 4.78 is 38.0. The van der Waals surface area contributed by atoms with E-state index in [9.17, 15) is 13.2 Å². The van der Waals surface area contributed by atoms with Gasteiger partial charge in [0.2, 0.25) is 0 Å². The highest BCUT2D eigenvalue weighted by molar-refractivity contribution is 7.86. The van der Waals surface area contributed by atoms with Crippen LogP contribution in [0.3, 0.4) is 0 Å². The molecule has 0 unspecified atom stereocenters. The molecule has 2 aromatic carbocycles. The standard InChI is InChI=1S/C21H28N2O6S/c1-4-28-20-9-6-5-8-19(20)22-21(24)23(14-7-15-27-2)16-17-10-12-18(13-11-17)29-30(3,25)26/h5-6,8-13H,4,7,14-16H2,1-3H3,(H,22,24). The molecule has 0 atom stereocenters. The molecule has 8 nitrogen and oxygen atoms in total. The van der Waals surface area contributed by atoms with Gasteiger partial charge < -0.3 is 23.9 Å². The summed E-state index contributed by atoms with van der Waals surface area (Å²) in [6.07, 6.45) is 1.66. The minimum absolute atomic E-state index is 0.224. The summed E-state index contributed by atoms with van der Waals surface area (Å²) in [5.41, 5.74) is 1.43. The first-order chi connectivity index (χ1) is 14.3. The van der Waals surface area contributed by atoms with Crippen LogP contribution in [0.25, 0.3) is 0 Å². The molecule has 1 N–H and O–H groups in total. The average molecular weight is 437 g/mol. The van der Waals surface area contributed by atoms with E-state index in [4.69, 9.17) is 13.7 Å². The van der Waals surface area contributed by atoms with Gasteiger partial charge in [-0.15, -0.1) is 0 Å². The minimum Gasteiger partial charge on any atom is -0.492 e. The summed E-state index contributed by atoms with van der Waals surface area (Å²) in [5.74, 6) is 0.828. The predicted molar refractivity (Wildman–Crippen MR) is 115 cm³/mol. The number of ether oxygens (including phenoxy) is 2. The molecule has 0 saturated carbocycles. The molecule has 0 aromatic heterocycles. The first kappa shape index (κ1) is 23.5. The second-order valence-electron chi connectivity index (χ2n) is 6.56. The third-order valence-electron chi connectivity index (χ3n) is 4.04. The van der Waals surface area contributed by atoms with Crippen molar-refractivity contribution in [2.24, 2.45) is 0 Å². The van der Waals surface area contributed by atoms with Crippen molar-refractivity contribution in [3.8, 4) is 11.5 Å². The average Bonchev–Trinajstić information content (AvgIpc) is 2.69. The Morgan fingerprint density at radius 2 is 1.80 bits per heavy atom. The Bertz CT molecular complexity index is 915. The monoisotopic (exact) mass is 436 g/mol. The van der Waals surface area contributed by atoms with Gasteiger partial charge in [-0.05, 0) is 43.2 Å².